The predicted octanol–water partition coefficient (Wildman–Crippen LogP) is 2.14. The molecule has 1 unspecified atom stereocenters. The molecule has 1 atom stereocenters. The molecule has 4 aromatic rings. The number of aryl methyl sites for hydroxylation is 1. The van der Waals surface area contributed by atoms with Crippen molar-refractivity contribution in [2.45, 2.75) is 37.2 Å². The number of urea groups is 1. The SMILES string of the molecule is CCOC(=O)C(Cl)Cc1cc(-n2nc(C)n(C(F)F)c2=O)c(F)cc1Cl.COc1cc(OC)nc(NC(=O)NS(=O)(=O)c2ncccc2C(=O)N(C)C)n1.O=C(O)CNCP(=O)(O)O. The molecular formula is C33H40Cl2F3N10O14PS. The van der Waals surface area contributed by atoms with E-state index in [9.17, 15) is 50.1 Å². The van der Waals surface area contributed by atoms with Crippen molar-refractivity contribution in [2.24, 2.45) is 0 Å². The number of carboxylic acids is 1. The van der Waals surface area contributed by atoms with Crippen LogP contribution in [0, 0.1) is 12.7 Å². The van der Waals surface area contributed by atoms with Gasteiger partial charge in [-0.2, -0.15) is 31.8 Å². The fourth-order valence-corrected chi connectivity index (χ4v) is 6.45. The normalized spacial score (nSPS) is 11.5. The largest absolute Gasteiger partial charge is 0.481 e. The number of aliphatic carboxylic acids is 1. The van der Waals surface area contributed by atoms with Gasteiger partial charge in [0.15, 0.2) is 10.8 Å². The van der Waals surface area contributed by atoms with E-state index in [-0.39, 0.29) is 63.0 Å². The lowest BCUT2D eigenvalue weighted by atomic mass is 10.1. The zero-order valence-electron chi connectivity index (χ0n) is 34.2. The average molecular weight is 992 g/mol. The Hall–Kier alpha value is -5.90. The number of nitrogens with zero attached hydrogens (tertiary/aromatic N) is 7. The third-order valence-corrected chi connectivity index (χ3v) is 9.88. The number of carbonyl (C=O) groups is 4. The van der Waals surface area contributed by atoms with Crippen LogP contribution in [0.3, 0.4) is 0 Å². The summed E-state index contributed by atoms with van der Waals surface area (Å²) in [6.45, 7) is -0.635. The Kier molecular flexibility index (Phi) is 20.5. The Labute approximate surface area is 370 Å². The molecule has 4 rings (SSSR count). The van der Waals surface area contributed by atoms with Crippen LogP contribution in [0.5, 0.6) is 11.8 Å². The molecule has 0 aliphatic rings. The molecule has 0 saturated heterocycles. The zero-order valence-corrected chi connectivity index (χ0v) is 37.4. The molecule has 0 aliphatic carbocycles. The monoisotopic (exact) mass is 990 g/mol. The molecule has 0 radical (unpaired) electrons. The summed E-state index contributed by atoms with van der Waals surface area (Å²) in [4.78, 5) is 86.8. The van der Waals surface area contributed by atoms with Crippen LogP contribution < -0.4 is 30.5 Å². The van der Waals surface area contributed by atoms with Gasteiger partial charge in [-0.25, -0.2) is 28.3 Å². The first-order chi connectivity index (χ1) is 29.8. The van der Waals surface area contributed by atoms with E-state index in [0.29, 0.717) is 4.68 Å². The Morgan fingerprint density at radius 1 is 1.06 bits per heavy atom. The number of aromatic nitrogens is 6. The summed E-state index contributed by atoms with van der Waals surface area (Å²) in [6, 6.07) is 4.93. The second kappa shape index (κ2) is 24.2. The summed E-state index contributed by atoms with van der Waals surface area (Å²) >= 11 is 11.9. The van der Waals surface area contributed by atoms with Crippen molar-refractivity contribution >= 4 is 70.6 Å². The number of ether oxygens (including phenoxy) is 3. The van der Waals surface area contributed by atoms with Gasteiger partial charge in [0.1, 0.15) is 16.9 Å². The molecule has 31 heteroatoms. The van der Waals surface area contributed by atoms with Crippen LogP contribution in [0.25, 0.3) is 5.69 Å². The number of benzene rings is 1. The zero-order chi connectivity index (χ0) is 48.7. The average Bonchev–Trinajstić information content (AvgIpc) is 3.50. The summed E-state index contributed by atoms with van der Waals surface area (Å²) in [6.07, 6.45) is 0.476. The van der Waals surface area contributed by atoms with Crippen molar-refractivity contribution in [3.8, 4) is 17.4 Å². The molecule has 64 heavy (non-hydrogen) atoms. The van der Waals surface area contributed by atoms with Crippen molar-refractivity contribution in [2.75, 3.05) is 53.1 Å². The van der Waals surface area contributed by atoms with E-state index < -0.39 is 82.8 Å². The molecular weight excluding hydrogens is 951 g/mol. The number of amides is 3. The first-order valence-electron chi connectivity index (χ1n) is 17.5. The van der Waals surface area contributed by atoms with Gasteiger partial charge < -0.3 is 34.0 Å². The van der Waals surface area contributed by atoms with Gasteiger partial charge in [-0.15, -0.1) is 16.7 Å². The molecule has 24 nitrogen and oxygen atoms in total. The number of anilines is 1. The van der Waals surface area contributed by atoms with E-state index in [2.05, 4.69) is 30.7 Å². The first kappa shape index (κ1) is 54.2. The number of halogens is 5. The number of sulfonamides is 1. The Balaban J connectivity index is 0.000000365. The maximum Gasteiger partial charge on any atom is 0.355 e. The third kappa shape index (κ3) is 16.3. The Morgan fingerprint density at radius 3 is 2.17 bits per heavy atom. The number of alkyl halides is 3. The van der Waals surface area contributed by atoms with Crippen LogP contribution in [0.15, 0.2) is 46.3 Å². The van der Waals surface area contributed by atoms with Crippen LogP contribution in [0.1, 0.15) is 35.2 Å². The van der Waals surface area contributed by atoms with Crippen molar-refractivity contribution in [1.82, 2.24) is 44.2 Å². The van der Waals surface area contributed by atoms with Gasteiger partial charge in [0, 0.05) is 31.7 Å². The highest BCUT2D eigenvalue weighted by molar-refractivity contribution is 7.90. The van der Waals surface area contributed by atoms with E-state index in [1.54, 1.807) is 11.6 Å². The van der Waals surface area contributed by atoms with Gasteiger partial charge in [0.25, 0.3) is 15.9 Å². The van der Waals surface area contributed by atoms with E-state index in [0.717, 1.165) is 12.1 Å². The van der Waals surface area contributed by atoms with Crippen molar-refractivity contribution in [3.05, 3.63) is 74.8 Å². The third-order valence-electron chi connectivity index (χ3n) is 7.27. The summed E-state index contributed by atoms with van der Waals surface area (Å²) < 4.78 is 92.2. The number of methoxy groups -OCH3 is 2. The highest BCUT2D eigenvalue weighted by Gasteiger charge is 2.28. The number of carboxylic acid groups (broad SMARTS) is 1. The van der Waals surface area contributed by atoms with Crippen LogP contribution in [0.4, 0.5) is 23.9 Å². The van der Waals surface area contributed by atoms with Gasteiger partial charge in [-0.05, 0) is 43.7 Å². The minimum absolute atomic E-state index is 0.0424. The van der Waals surface area contributed by atoms with Crippen molar-refractivity contribution < 1.29 is 74.4 Å². The number of esters is 1. The quantitative estimate of drug-likeness (QED) is 0.0532. The van der Waals surface area contributed by atoms with E-state index in [1.165, 1.54) is 64.5 Å². The second-order valence-electron chi connectivity index (χ2n) is 12.2. The lowest BCUT2D eigenvalue weighted by Gasteiger charge is -2.14. The van der Waals surface area contributed by atoms with Crippen molar-refractivity contribution in [3.63, 3.8) is 0 Å². The molecule has 0 bridgehead atoms. The fourth-order valence-electron chi connectivity index (χ4n) is 4.55. The molecule has 0 saturated carbocycles. The smallest absolute Gasteiger partial charge is 0.355 e. The maximum absolute atomic E-state index is 14.2. The van der Waals surface area contributed by atoms with Gasteiger partial charge in [-0.3, -0.25) is 29.6 Å². The number of hydrogen-bond acceptors (Lipinski definition) is 16. The first-order valence-corrected chi connectivity index (χ1v) is 21.6. The highest BCUT2D eigenvalue weighted by Crippen LogP contribution is 2.31. The summed E-state index contributed by atoms with van der Waals surface area (Å²) in [5.41, 5.74) is -1.55. The lowest BCUT2D eigenvalue weighted by molar-refractivity contribution is -0.142. The summed E-state index contributed by atoms with van der Waals surface area (Å²) in [5, 5.41) is 14.1. The Morgan fingerprint density at radius 2 is 1.67 bits per heavy atom. The number of pyridine rings is 1. The van der Waals surface area contributed by atoms with E-state index >= 15 is 0 Å². The standard InChI is InChI=1S/C15H14Cl2F3N3O3.C15H18N6O6S.C3H8NO5P/c1-3-26-13(24)10(17)4-8-5-12(11(18)6-9(8)16)23-15(25)22(14(19)20)7(2)21-23;1-21(2)13(22)9-6-5-7-16-12(9)28(24,25)20-15(23)19-14-17-10(26-3)8-11(18-14)27-4;5-3(6)1-4-2-10(7,8)9/h5-6,10,14H,3-4H2,1-2H3;5-8H,1-4H3,(H2,17,18,19,20,23);4H,1-2H2,(H,5,6)(H2,7,8,9). The maximum atomic E-state index is 14.2. The van der Waals surface area contributed by atoms with Gasteiger partial charge >= 0.3 is 37.8 Å². The molecule has 0 spiro atoms. The minimum Gasteiger partial charge on any atom is -0.481 e. The minimum atomic E-state index is -4.46. The molecule has 0 aliphatic heterocycles. The van der Waals surface area contributed by atoms with Crippen molar-refractivity contribution in [1.29, 1.82) is 0 Å². The predicted molar refractivity (Wildman–Crippen MR) is 218 cm³/mol. The molecule has 1 aromatic carbocycles. The molecule has 0 fully saturated rings. The van der Waals surface area contributed by atoms with Gasteiger partial charge in [0.2, 0.25) is 17.7 Å². The number of nitrogens with one attached hydrogen (secondary N) is 3. The molecule has 6 N–H and O–H groups in total. The Bertz CT molecular complexity index is 2510. The topological polar surface area (TPSA) is 326 Å². The summed E-state index contributed by atoms with van der Waals surface area (Å²) in [5.74, 6) is -3.73. The lowest BCUT2D eigenvalue weighted by Crippen LogP contribution is -2.36. The van der Waals surface area contributed by atoms with Crippen LogP contribution in [-0.4, -0.2) is 135 Å². The van der Waals surface area contributed by atoms with E-state index in [4.69, 9.17) is 52.3 Å². The molecule has 352 valence electrons. The highest BCUT2D eigenvalue weighted by atomic mass is 35.5. The van der Waals surface area contributed by atoms with Gasteiger partial charge in [-0.1, -0.05) is 11.6 Å². The number of hydrogen-bond donors (Lipinski definition) is 6. The number of carbonyl (C=O) groups excluding carboxylic acids is 3. The van der Waals surface area contributed by atoms with Crippen LogP contribution in [-0.2, 0) is 35.3 Å². The molecule has 3 amide bonds. The molecule has 3 heterocycles. The second-order valence-corrected chi connectivity index (χ2v) is 16.4. The number of rotatable bonds is 16. The van der Waals surface area contributed by atoms with Gasteiger partial charge in [0.05, 0.1) is 45.3 Å². The van der Waals surface area contributed by atoms with Crippen LogP contribution in [0.2, 0.25) is 5.02 Å². The molecule has 3 aromatic heterocycles. The fraction of sp³-hybridized carbons (Fsp3) is 0.364. The van der Waals surface area contributed by atoms with Crippen LogP contribution >= 0.6 is 30.8 Å². The van der Waals surface area contributed by atoms with E-state index in [1.807, 2.05) is 0 Å². The summed E-state index contributed by atoms with van der Waals surface area (Å²) in [7, 11) is -2.94.